The topological polar surface area (TPSA) is 125 Å². The molecule has 0 bridgehead atoms. The number of hydrogen-bond acceptors (Lipinski definition) is 5. The first-order chi connectivity index (χ1) is 13.2. The molecule has 0 rings (SSSR count). The molecule has 9 nitrogen and oxygen atoms in total. The molecule has 9 heteroatoms. The van der Waals surface area contributed by atoms with Gasteiger partial charge in [0.1, 0.15) is 18.1 Å². The summed E-state index contributed by atoms with van der Waals surface area (Å²) < 4.78 is 0. The molecular weight excluding hydrogens is 374 g/mol. The molecule has 4 amide bonds. The summed E-state index contributed by atoms with van der Waals surface area (Å²) in [6.45, 7) is 10.7. The van der Waals surface area contributed by atoms with Crippen LogP contribution in [0.2, 0.25) is 0 Å². The number of nitrogens with one attached hydrogen (secondary N) is 2. The zero-order valence-corrected chi connectivity index (χ0v) is 19.3. The number of hydrogen-bond donors (Lipinski definition) is 3. The van der Waals surface area contributed by atoms with E-state index in [0.29, 0.717) is 6.42 Å². The molecule has 0 aliphatic rings. The van der Waals surface area contributed by atoms with Crippen molar-refractivity contribution in [3.05, 3.63) is 0 Å². The number of nitrogens with zero attached hydrogens (tertiary/aromatic N) is 2. The van der Waals surface area contributed by atoms with Gasteiger partial charge < -0.3 is 26.2 Å². The van der Waals surface area contributed by atoms with E-state index in [1.807, 2.05) is 27.7 Å². The van der Waals surface area contributed by atoms with Crippen molar-refractivity contribution in [3.8, 4) is 0 Å². The molecule has 0 unspecified atom stereocenters. The van der Waals surface area contributed by atoms with Crippen LogP contribution in [0.4, 0.5) is 0 Å². The van der Waals surface area contributed by atoms with Gasteiger partial charge in [0.2, 0.25) is 23.6 Å². The summed E-state index contributed by atoms with van der Waals surface area (Å²) in [4.78, 5) is 52.5. The summed E-state index contributed by atoms with van der Waals surface area (Å²) in [6, 6.07) is -3.03. The highest BCUT2D eigenvalue weighted by Crippen LogP contribution is 2.14. The summed E-state index contributed by atoms with van der Waals surface area (Å²) in [5.41, 5.74) is 5.96. The second kappa shape index (κ2) is 11.7. The summed E-state index contributed by atoms with van der Waals surface area (Å²) >= 11 is 0. The quantitative estimate of drug-likeness (QED) is 0.463. The largest absolute Gasteiger partial charge is 0.347 e. The van der Waals surface area contributed by atoms with Gasteiger partial charge in [-0.2, -0.15) is 0 Å². The fraction of sp³-hybridized carbons (Fsp3) is 0.800. The highest BCUT2D eigenvalue weighted by Gasteiger charge is 2.33. The number of nitrogens with two attached hydrogens (primary N) is 1. The van der Waals surface area contributed by atoms with Crippen molar-refractivity contribution < 1.29 is 19.2 Å². The molecule has 0 saturated heterocycles. The molecule has 0 heterocycles. The van der Waals surface area contributed by atoms with Crippen molar-refractivity contribution in [1.29, 1.82) is 0 Å². The molecule has 168 valence electrons. The highest BCUT2D eigenvalue weighted by molar-refractivity contribution is 5.94. The van der Waals surface area contributed by atoms with Crippen molar-refractivity contribution in [2.24, 2.45) is 17.6 Å². The van der Waals surface area contributed by atoms with E-state index in [9.17, 15) is 19.2 Å². The average Bonchev–Trinajstić information content (AvgIpc) is 2.62. The van der Waals surface area contributed by atoms with Gasteiger partial charge in [-0.25, -0.2) is 0 Å². The van der Waals surface area contributed by atoms with Crippen LogP contribution in [-0.2, 0) is 19.2 Å². The maximum atomic E-state index is 12.9. The Labute approximate surface area is 174 Å². The van der Waals surface area contributed by atoms with E-state index in [2.05, 4.69) is 10.6 Å². The van der Waals surface area contributed by atoms with Crippen LogP contribution in [0, 0.1) is 11.8 Å². The van der Waals surface area contributed by atoms with Crippen LogP contribution in [-0.4, -0.2) is 78.7 Å². The Morgan fingerprint density at radius 1 is 0.793 bits per heavy atom. The van der Waals surface area contributed by atoms with E-state index >= 15 is 0 Å². The van der Waals surface area contributed by atoms with Crippen LogP contribution in [0.1, 0.15) is 48.0 Å². The summed E-state index contributed by atoms with van der Waals surface area (Å²) in [5, 5.41) is 5.24. The second-order valence-corrected chi connectivity index (χ2v) is 8.56. The number of carbonyl (C=O) groups is 4. The third-order valence-corrected chi connectivity index (χ3v) is 4.74. The predicted octanol–water partition coefficient (Wildman–Crippen LogP) is -0.0596. The van der Waals surface area contributed by atoms with E-state index in [4.69, 9.17) is 5.73 Å². The maximum Gasteiger partial charge on any atom is 0.244 e. The highest BCUT2D eigenvalue weighted by atomic mass is 16.2. The molecule has 0 aliphatic carbocycles. The number of likely N-dealkylation sites (N-methyl/N-ethyl adjacent to an activating group) is 2. The van der Waals surface area contributed by atoms with Crippen molar-refractivity contribution in [2.75, 3.05) is 21.1 Å². The second-order valence-electron chi connectivity index (χ2n) is 8.56. The van der Waals surface area contributed by atoms with Crippen molar-refractivity contribution in [2.45, 2.75) is 72.1 Å². The fourth-order valence-corrected chi connectivity index (χ4v) is 2.72. The molecule has 0 aliphatic heterocycles. The molecular formula is C20H39N5O4. The van der Waals surface area contributed by atoms with Gasteiger partial charge in [0.25, 0.3) is 0 Å². The Morgan fingerprint density at radius 3 is 1.69 bits per heavy atom. The molecule has 0 aromatic rings. The van der Waals surface area contributed by atoms with Crippen LogP contribution in [0.25, 0.3) is 0 Å². The smallest absolute Gasteiger partial charge is 0.244 e. The van der Waals surface area contributed by atoms with Crippen LogP contribution in [0.5, 0.6) is 0 Å². The van der Waals surface area contributed by atoms with Gasteiger partial charge in [-0.15, -0.1) is 0 Å². The number of amides is 4. The van der Waals surface area contributed by atoms with E-state index in [1.165, 1.54) is 16.7 Å². The minimum Gasteiger partial charge on any atom is -0.347 e. The van der Waals surface area contributed by atoms with Gasteiger partial charge in [-0.3, -0.25) is 19.2 Å². The lowest BCUT2D eigenvalue weighted by molar-refractivity contribution is -0.142. The maximum absolute atomic E-state index is 12.9. The molecule has 0 saturated carbocycles. The molecule has 0 aromatic heterocycles. The van der Waals surface area contributed by atoms with Gasteiger partial charge in [-0.1, -0.05) is 27.7 Å². The van der Waals surface area contributed by atoms with E-state index in [0.717, 1.165) is 0 Å². The Hall–Kier alpha value is -2.16. The van der Waals surface area contributed by atoms with Crippen LogP contribution in [0.15, 0.2) is 0 Å². The Balaban J connectivity index is 5.20. The molecule has 0 aromatic carbocycles. The van der Waals surface area contributed by atoms with Gasteiger partial charge in [0, 0.05) is 21.1 Å². The van der Waals surface area contributed by atoms with Gasteiger partial charge in [-0.05, 0) is 32.1 Å². The molecule has 0 radical (unpaired) electrons. The summed E-state index contributed by atoms with van der Waals surface area (Å²) in [5.74, 6) is -1.38. The Morgan fingerprint density at radius 2 is 1.28 bits per heavy atom. The average molecular weight is 414 g/mol. The molecule has 29 heavy (non-hydrogen) atoms. The van der Waals surface area contributed by atoms with Gasteiger partial charge in [0.05, 0.1) is 6.04 Å². The summed E-state index contributed by atoms with van der Waals surface area (Å²) in [7, 11) is 4.75. The third kappa shape index (κ3) is 8.39. The van der Waals surface area contributed by atoms with E-state index in [1.54, 1.807) is 28.1 Å². The number of carbonyl (C=O) groups excluding carboxylic acids is 4. The van der Waals surface area contributed by atoms with Crippen LogP contribution < -0.4 is 16.4 Å². The number of rotatable bonds is 10. The minimum atomic E-state index is -0.864. The summed E-state index contributed by atoms with van der Waals surface area (Å²) in [6.07, 6.45) is 0.433. The monoisotopic (exact) mass is 413 g/mol. The fourth-order valence-electron chi connectivity index (χ4n) is 2.72. The molecule has 0 spiro atoms. The lowest BCUT2D eigenvalue weighted by atomic mass is 9.98. The lowest BCUT2D eigenvalue weighted by Crippen LogP contribution is -2.57. The van der Waals surface area contributed by atoms with Crippen molar-refractivity contribution in [3.63, 3.8) is 0 Å². The molecule has 0 fully saturated rings. The zero-order valence-electron chi connectivity index (χ0n) is 19.3. The minimum absolute atomic E-state index is 0.0619. The van der Waals surface area contributed by atoms with Crippen LogP contribution in [0.3, 0.4) is 0 Å². The standard InChI is InChI=1S/C20H39N5O4/c1-11(2)10-15(25(9)20(29)16(21)12(3)4)18(27)22-13(5)17(26)23-14(6)19(28)24(7)8/h11-16H,10,21H2,1-9H3,(H,22,27)(H,23,26)/t13-,14+,15-,16-/m0/s1. The lowest BCUT2D eigenvalue weighted by Gasteiger charge is -2.32. The van der Waals surface area contributed by atoms with E-state index in [-0.39, 0.29) is 23.7 Å². The Kier molecular flexibility index (Phi) is 10.9. The van der Waals surface area contributed by atoms with Gasteiger partial charge in [0.15, 0.2) is 0 Å². The first-order valence-electron chi connectivity index (χ1n) is 10.0. The Bertz CT molecular complexity index is 591. The SMILES string of the molecule is CC(C)C[C@@H](C(=O)N[C@@H](C)C(=O)N[C@H](C)C(=O)N(C)C)N(C)C(=O)[C@@H](N)C(C)C. The predicted molar refractivity (Wildman–Crippen MR) is 113 cm³/mol. The van der Waals surface area contributed by atoms with Gasteiger partial charge >= 0.3 is 0 Å². The normalized spacial score (nSPS) is 15.3. The van der Waals surface area contributed by atoms with Crippen LogP contribution >= 0.6 is 0 Å². The molecule has 4 atom stereocenters. The van der Waals surface area contributed by atoms with E-state index < -0.39 is 36.0 Å². The van der Waals surface area contributed by atoms with Crippen molar-refractivity contribution in [1.82, 2.24) is 20.4 Å². The van der Waals surface area contributed by atoms with Crippen molar-refractivity contribution >= 4 is 23.6 Å². The zero-order chi connectivity index (χ0) is 23.0. The molecule has 4 N–H and O–H groups in total. The first-order valence-corrected chi connectivity index (χ1v) is 10.0. The first kappa shape index (κ1) is 26.8. The third-order valence-electron chi connectivity index (χ3n) is 4.74.